The Kier molecular flexibility index (Phi) is 1.86. The minimum atomic E-state index is -0.0810. The van der Waals surface area contributed by atoms with Crippen LogP contribution in [0.2, 0.25) is 0 Å². The van der Waals surface area contributed by atoms with Crippen LogP contribution in [0.5, 0.6) is 0 Å². The molecule has 4 nitrogen and oxygen atoms in total. The largest absolute Gasteiger partial charge is 0.348 e. The number of rotatable bonds is 1. The third kappa shape index (κ3) is 1.15. The van der Waals surface area contributed by atoms with Crippen LogP contribution >= 0.6 is 0 Å². The van der Waals surface area contributed by atoms with Gasteiger partial charge >= 0.3 is 0 Å². The summed E-state index contributed by atoms with van der Waals surface area (Å²) in [6.07, 6.45) is 0.896. The molecule has 2 heterocycles. The highest BCUT2D eigenvalue weighted by Crippen LogP contribution is 2.14. The summed E-state index contributed by atoms with van der Waals surface area (Å²) in [5.41, 5.74) is 2.85. The summed E-state index contributed by atoms with van der Waals surface area (Å²) in [4.78, 5) is 4.96. The Hall–Kier alpha value is -0.160. The van der Waals surface area contributed by atoms with E-state index in [2.05, 4.69) is 5.48 Å². The average Bonchev–Trinajstić information content (AvgIpc) is 2.59. The number of hydroxylamine groups is 1. The van der Waals surface area contributed by atoms with Crippen LogP contribution in [0.4, 0.5) is 0 Å². The maximum atomic E-state index is 5.27. The molecular weight excluding hydrogens is 134 g/mol. The molecule has 0 aromatic heterocycles. The van der Waals surface area contributed by atoms with Gasteiger partial charge in [0, 0.05) is 0 Å². The highest BCUT2D eigenvalue weighted by Gasteiger charge is 2.29. The minimum absolute atomic E-state index is 0.0810. The first kappa shape index (κ1) is 6.54. The quantitative estimate of drug-likeness (QED) is 0.547. The van der Waals surface area contributed by atoms with Crippen molar-refractivity contribution in [3.05, 3.63) is 0 Å². The summed E-state index contributed by atoms with van der Waals surface area (Å²) < 4.78 is 10.5. The molecule has 0 spiro atoms. The van der Waals surface area contributed by atoms with Gasteiger partial charge in [-0.3, -0.25) is 0 Å². The molecule has 0 saturated carbocycles. The van der Waals surface area contributed by atoms with Crippen molar-refractivity contribution in [3.63, 3.8) is 0 Å². The van der Waals surface area contributed by atoms with E-state index in [1.807, 2.05) is 0 Å². The molecule has 0 aromatic rings. The van der Waals surface area contributed by atoms with Crippen LogP contribution < -0.4 is 5.48 Å². The van der Waals surface area contributed by atoms with Gasteiger partial charge < -0.3 is 14.3 Å². The van der Waals surface area contributed by atoms with Crippen molar-refractivity contribution in [3.8, 4) is 0 Å². The molecule has 0 aromatic carbocycles. The average molecular weight is 145 g/mol. The SMILES string of the molecule is C1CC(C2OCCO2)NO1. The zero-order chi connectivity index (χ0) is 6.81. The van der Waals surface area contributed by atoms with Crippen molar-refractivity contribution in [2.75, 3.05) is 19.8 Å². The van der Waals surface area contributed by atoms with Crippen LogP contribution in [0.15, 0.2) is 0 Å². The van der Waals surface area contributed by atoms with Gasteiger partial charge in [-0.05, 0) is 6.42 Å². The van der Waals surface area contributed by atoms with E-state index in [1.165, 1.54) is 0 Å². The van der Waals surface area contributed by atoms with E-state index in [0.717, 1.165) is 13.0 Å². The molecule has 0 bridgehead atoms. The zero-order valence-electron chi connectivity index (χ0n) is 5.71. The Balaban J connectivity index is 1.85. The van der Waals surface area contributed by atoms with Gasteiger partial charge in [0.15, 0.2) is 6.29 Å². The number of nitrogens with one attached hydrogen (secondary N) is 1. The van der Waals surface area contributed by atoms with Gasteiger partial charge in [-0.15, -0.1) is 0 Å². The third-order valence-corrected chi connectivity index (χ3v) is 1.74. The van der Waals surface area contributed by atoms with Crippen LogP contribution in [0, 0.1) is 0 Å². The van der Waals surface area contributed by atoms with E-state index in [4.69, 9.17) is 14.3 Å². The first-order valence-corrected chi connectivity index (χ1v) is 3.57. The Morgan fingerprint density at radius 2 is 1.90 bits per heavy atom. The van der Waals surface area contributed by atoms with E-state index in [1.54, 1.807) is 0 Å². The molecule has 0 radical (unpaired) electrons. The van der Waals surface area contributed by atoms with Gasteiger partial charge in [0.1, 0.15) is 0 Å². The molecular formula is C6H11NO3. The molecule has 2 rings (SSSR count). The second-order valence-corrected chi connectivity index (χ2v) is 2.47. The molecule has 2 fully saturated rings. The second kappa shape index (κ2) is 2.84. The van der Waals surface area contributed by atoms with Crippen LogP contribution in [-0.4, -0.2) is 32.2 Å². The fraction of sp³-hybridized carbons (Fsp3) is 1.00. The molecule has 0 aliphatic carbocycles. The number of ether oxygens (including phenoxy) is 2. The van der Waals surface area contributed by atoms with Crippen molar-refractivity contribution < 1.29 is 14.3 Å². The van der Waals surface area contributed by atoms with E-state index in [0.29, 0.717) is 13.2 Å². The fourth-order valence-corrected chi connectivity index (χ4v) is 1.21. The topological polar surface area (TPSA) is 39.7 Å². The lowest BCUT2D eigenvalue weighted by atomic mass is 10.2. The van der Waals surface area contributed by atoms with Crippen LogP contribution in [0.25, 0.3) is 0 Å². The summed E-state index contributed by atoms with van der Waals surface area (Å²) in [7, 11) is 0. The molecule has 2 aliphatic heterocycles. The minimum Gasteiger partial charge on any atom is -0.348 e. The van der Waals surface area contributed by atoms with Gasteiger partial charge in [-0.2, -0.15) is 5.48 Å². The lowest BCUT2D eigenvalue weighted by Crippen LogP contribution is -2.34. The van der Waals surface area contributed by atoms with Gasteiger partial charge in [-0.1, -0.05) is 0 Å². The van der Waals surface area contributed by atoms with Crippen LogP contribution in [0.1, 0.15) is 6.42 Å². The van der Waals surface area contributed by atoms with E-state index in [-0.39, 0.29) is 12.3 Å². The highest BCUT2D eigenvalue weighted by molar-refractivity contribution is 4.72. The Morgan fingerprint density at radius 3 is 2.50 bits per heavy atom. The smallest absolute Gasteiger partial charge is 0.175 e. The van der Waals surface area contributed by atoms with Gasteiger partial charge in [-0.25, -0.2) is 0 Å². The Labute approximate surface area is 59.4 Å². The monoisotopic (exact) mass is 145 g/mol. The molecule has 4 heteroatoms. The molecule has 1 atom stereocenters. The number of hydrogen-bond acceptors (Lipinski definition) is 4. The van der Waals surface area contributed by atoms with Crippen molar-refractivity contribution in [2.24, 2.45) is 0 Å². The standard InChI is InChI=1S/C6H11NO3/c1-2-10-7-5(1)6-8-3-4-9-6/h5-7H,1-4H2. The summed E-state index contributed by atoms with van der Waals surface area (Å²) in [6.45, 7) is 2.18. The van der Waals surface area contributed by atoms with Crippen molar-refractivity contribution in [1.29, 1.82) is 0 Å². The summed E-state index contributed by atoms with van der Waals surface area (Å²) in [5, 5.41) is 0. The van der Waals surface area contributed by atoms with Gasteiger partial charge in [0.25, 0.3) is 0 Å². The van der Waals surface area contributed by atoms with Crippen LogP contribution in [0.3, 0.4) is 0 Å². The Morgan fingerprint density at radius 1 is 1.10 bits per heavy atom. The maximum Gasteiger partial charge on any atom is 0.175 e. The number of hydrogen-bond donors (Lipinski definition) is 1. The third-order valence-electron chi connectivity index (χ3n) is 1.74. The second-order valence-electron chi connectivity index (χ2n) is 2.47. The predicted molar refractivity (Wildman–Crippen MR) is 33.2 cm³/mol. The maximum absolute atomic E-state index is 5.27. The molecule has 2 aliphatic rings. The van der Waals surface area contributed by atoms with Gasteiger partial charge in [0.05, 0.1) is 25.9 Å². The predicted octanol–water partition coefficient (Wildman–Crippen LogP) is -0.347. The zero-order valence-corrected chi connectivity index (χ0v) is 5.71. The van der Waals surface area contributed by atoms with Crippen molar-refractivity contribution in [1.82, 2.24) is 5.48 Å². The molecule has 58 valence electrons. The molecule has 10 heavy (non-hydrogen) atoms. The van der Waals surface area contributed by atoms with Crippen molar-refractivity contribution in [2.45, 2.75) is 18.8 Å². The molecule has 0 amide bonds. The first-order chi connectivity index (χ1) is 4.97. The normalized spacial score (nSPS) is 35.4. The fourth-order valence-electron chi connectivity index (χ4n) is 1.21. The van der Waals surface area contributed by atoms with Crippen molar-refractivity contribution >= 4 is 0 Å². The highest BCUT2D eigenvalue weighted by atomic mass is 16.7. The Bertz CT molecular complexity index is 93.6. The molecule has 1 N–H and O–H groups in total. The van der Waals surface area contributed by atoms with E-state index < -0.39 is 0 Å². The summed E-state index contributed by atoms with van der Waals surface area (Å²) in [6, 6.07) is 0.238. The first-order valence-electron chi connectivity index (χ1n) is 3.57. The lowest BCUT2D eigenvalue weighted by molar-refractivity contribution is -0.0800. The van der Waals surface area contributed by atoms with E-state index >= 15 is 0 Å². The van der Waals surface area contributed by atoms with Crippen LogP contribution in [-0.2, 0) is 14.3 Å². The molecule has 2 saturated heterocycles. The summed E-state index contributed by atoms with van der Waals surface area (Å²) >= 11 is 0. The van der Waals surface area contributed by atoms with E-state index in [9.17, 15) is 0 Å². The summed E-state index contributed by atoms with van der Waals surface area (Å²) in [5.74, 6) is 0. The lowest BCUT2D eigenvalue weighted by Gasteiger charge is -2.14. The molecule has 1 unspecified atom stereocenters. The van der Waals surface area contributed by atoms with Gasteiger partial charge in [0.2, 0.25) is 0 Å².